The second kappa shape index (κ2) is 13.1. The number of para-hydroxylation sites is 1. The number of nitrogens with one attached hydrogen (secondary N) is 3. The number of nitrogens with zero attached hydrogens (tertiary/aromatic N) is 1. The van der Waals surface area contributed by atoms with Crippen LogP contribution in [0.1, 0.15) is 12.1 Å². The minimum absolute atomic E-state index is 0.244. The van der Waals surface area contributed by atoms with Crippen LogP contribution >= 0.6 is 23.2 Å². The molecular formula is C26H30Cl2N4O2. The molecular weight excluding hydrogens is 471 g/mol. The first-order chi connectivity index (χ1) is 16.5. The normalized spacial score (nSPS) is 11.8. The third-order valence-corrected chi connectivity index (χ3v) is 6.01. The van der Waals surface area contributed by atoms with Crippen molar-refractivity contribution in [2.75, 3.05) is 45.2 Å². The summed E-state index contributed by atoms with van der Waals surface area (Å²) in [6.45, 7) is 3.17. The van der Waals surface area contributed by atoms with Gasteiger partial charge >= 0.3 is 0 Å². The lowest BCUT2D eigenvalue weighted by molar-refractivity contribution is -0.120. The number of aromatic nitrogens is 1. The number of amides is 1. The highest BCUT2D eigenvalue weighted by Crippen LogP contribution is 2.28. The second-order valence-corrected chi connectivity index (χ2v) is 8.60. The third kappa shape index (κ3) is 7.55. The van der Waals surface area contributed by atoms with Crippen LogP contribution in [0, 0.1) is 0 Å². The van der Waals surface area contributed by atoms with E-state index in [9.17, 15) is 4.79 Å². The number of carbonyl (C=O) groups excluding carboxylic acids is 1. The van der Waals surface area contributed by atoms with Gasteiger partial charge in [0, 0.05) is 49.0 Å². The van der Waals surface area contributed by atoms with Crippen LogP contribution in [-0.2, 0) is 9.53 Å². The molecule has 180 valence electrons. The second-order valence-electron chi connectivity index (χ2n) is 7.79. The van der Waals surface area contributed by atoms with E-state index in [4.69, 9.17) is 27.9 Å². The third-order valence-electron chi connectivity index (χ3n) is 5.29. The van der Waals surface area contributed by atoms with Crippen molar-refractivity contribution in [1.82, 2.24) is 15.6 Å². The van der Waals surface area contributed by atoms with E-state index in [1.807, 2.05) is 36.4 Å². The molecule has 0 radical (unpaired) electrons. The van der Waals surface area contributed by atoms with Gasteiger partial charge < -0.3 is 25.3 Å². The molecule has 3 aromatic rings. The first-order valence-electron chi connectivity index (χ1n) is 11.1. The minimum Gasteiger partial charge on any atom is -0.491 e. The number of benzene rings is 2. The summed E-state index contributed by atoms with van der Waals surface area (Å²) in [6.07, 6.45) is 6.08. The molecule has 3 N–H and O–H groups in total. The standard InChI is InChI=1S/C26H30Cl2N4O2/c1-32(21-9-4-3-5-10-21)15-14-29-12-7-13-30-26(33)25(34-2)11-6-8-20-16-19-17-22(27)23(28)18-24(19)31-20/h3-6,8-11,16-18,29,31H,7,12-15H2,1-2H3,(H,30,33)/b8-6+,25-11-. The van der Waals surface area contributed by atoms with Crippen molar-refractivity contribution < 1.29 is 9.53 Å². The summed E-state index contributed by atoms with van der Waals surface area (Å²) in [5.74, 6) is 0.00191. The molecule has 0 unspecified atom stereocenters. The SMILES string of the molecule is CO/C(=C\C=C\c1cc2cc(Cl)c(Cl)cc2[nH]1)C(=O)NCCCNCCN(C)c1ccccc1. The van der Waals surface area contributed by atoms with Crippen LogP contribution in [0.4, 0.5) is 5.69 Å². The fourth-order valence-corrected chi connectivity index (χ4v) is 3.74. The van der Waals surface area contributed by atoms with E-state index in [1.165, 1.54) is 12.8 Å². The predicted octanol–water partition coefficient (Wildman–Crippen LogP) is 5.25. The summed E-state index contributed by atoms with van der Waals surface area (Å²) < 4.78 is 5.24. The van der Waals surface area contributed by atoms with Crippen LogP contribution in [0.3, 0.4) is 0 Å². The Morgan fingerprint density at radius 1 is 1.09 bits per heavy atom. The Labute approximate surface area is 210 Å². The number of hydrogen-bond acceptors (Lipinski definition) is 4. The van der Waals surface area contributed by atoms with Gasteiger partial charge in [-0.25, -0.2) is 0 Å². The highest BCUT2D eigenvalue weighted by atomic mass is 35.5. The van der Waals surface area contributed by atoms with Crippen molar-refractivity contribution in [3.05, 3.63) is 82.2 Å². The fraction of sp³-hybridized carbons (Fsp3) is 0.269. The molecule has 0 bridgehead atoms. The van der Waals surface area contributed by atoms with Crippen LogP contribution in [0.25, 0.3) is 17.0 Å². The summed E-state index contributed by atoms with van der Waals surface area (Å²) >= 11 is 12.1. The number of hydrogen-bond donors (Lipinski definition) is 3. The molecule has 0 aliphatic rings. The predicted molar refractivity (Wildman–Crippen MR) is 143 cm³/mol. The first kappa shape index (κ1) is 25.7. The average molecular weight is 501 g/mol. The number of aromatic amines is 1. The van der Waals surface area contributed by atoms with Crippen LogP contribution in [0.15, 0.2) is 66.4 Å². The van der Waals surface area contributed by atoms with E-state index in [-0.39, 0.29) is 11.7 Å². The van der Waals surface area contributed by atoms with Gasteiger partial charge in [-0.1, -0.05) is 47.5 Å². The highest BCUT2D eigenvalue weighted by Gasteiger charge is 2.08. The lowest BCUT2D eigenvalue weighted by Crippen LogP contribution is -2.32. The molecule has 0 aliphatic heterocycles. The highest BCUT2D eigenvalue weighted by molar-refractivity contribution is 6.42. The maximum atomic E-state index is 12.4. The number of halogens is 2. The van der Waals surface area contributed by atoms with Crippen molar-refractivity contribution in [1.29, 1.82) is 0 Å². The Balaban J connectivity index is 1.38. The number of anilines is 1. The van der Waals surface area contributed by atoms with Gasteiger partial charge in [0.25, 0.3) is 5.91 Å². The maximum Gasteiger partial charge on any atom is 0.286 e. The largest absolute Gasteiger partial charge is 0.491 e. The molecule has 0 fully saturated rings. The van der Waals surface area contributed by atoms with Gasteiger partial charge in [-0.05, 0) is 55.4 Å². The summed E-state index contributed by atoms with van der Waals surface area (Å²) in [5.41, 5.74) is 2.95. The topological polar surface area (TPSA) is 69.4 Å². The maximum absolute atomic E-state index is 12.4. The number of rotatable bonds is 12. The average Bonchev–Trinajstić information content (AvgIpc) is 3.22. The molecule has 1 aromatic heterocycles. The van der Waals surface area contributed by atoms with Gasteiger partial charge in [0.1, 0.15) is 0 Å². The van der Waals surface area contributed by atoms with Gasteiger partial charge in [-0.15, -0.1) is 0 Å². The van der Waals surface area contributed by atoms with Crippen LogP contribution < -0.4 is 15.5 Å². The fourth-order valence-electron chi connectivity index (χ4n) is 3.40. The molecule has 0 spiro atoms. The van der Waals surface area contributed by atoms with E-state index in [0.29, 0.717) is 16.6 Å². The zero-order valence-electron chi connectivity index (χ0n) is 19.4. The molecule has 3 rings (SSSR count). The smallest absolute Gasteiger partial charge is 0.286 e. The monoisotopic (exact) mass is 500 g/mol. The first-order valence-corrected chi connectivity index (χ1v) is 11.9. The Kier molecular flexibility index (Phi) is 9.89. The van der Waals surface area contributed by atoms with Crippen molar-refractivity contribution >= 4 is 51.8 Å². The van der Waals surface area contributed by atoms with Gasteiger partial charge in [-0.3, -0.25) is 4.79 Å². The molecule has 2 aromatic carbocycles. The van der Waals surface area contributed by atoms with Crippen molar-refractivity contribution in [3.63, 3.8) is 0 Å². The number of H-pyrrole nitrogens is 1. The Bertz CT molecular complexity index is 1100. The zero-order chi connectivity index (χ0) is 24.3. The van der Waals surface area contributed by atoms with Crippen molar-refractivity contribution in [2.45, 2.75) is 6.42 Å². The molecule has 34 heavy (non-hydrogen) atoms. The van der Waals surface area contributed by atoms with Gasteiger partial charge in [-0.2, -0.15) is 0 Å². The Hall–Kier alpha value is -2.93. The van der Waals surface area contributed by atoms with Crippen molar-refractivity contribution in [2.24, 2.45) is 0 Å². The molecule has 0 saturated heterocycles. The van der Waals surface area contributed by atoms with E-state index >= 15 is 0 Å². The van der Waals surface area contributed by atoms with Gasteiger partial charge in [0.15, 0.2) is 5.76 Å². The Morgan fingerprint density at radius 3 is 2.62 bits per heavy atom. The van der Waals surface area contributed by atoms with Crippen molar-refractivity contribution in [3.8, 4) is 0 Å². The summed E-state index contributed by atoms with van der Waals surface area (Å²) in [4.78, 5) is 17.8. The number of allylic oxidation sites excluding steroid dienone is 2. The number of fused-ring (bicyclic) bond motifs is 1. The summed E-state index contributed by atoms with van der Waals surface area (Å²) in [7, 11) is 3.56. The number of likely N-dealkylation sites (N-methyl/N-ethyl adjacent to an activating group) is 1. The molecule has 0 atom stereocenters. The molecule has 0 aliphatic carbocycles. The van der Waals surface area contributed by atoms with E-state index in [2.05, 4.69) is 39.7 Å². The van der Waals surface area contributed by atoms with Gasteiger partial charge in [0.05, 0.1) is 17.2 Å². The van der Waals surface area contributed by atoms with Gasteiger partial charge in [0.2, 0.25) is 0 Å². The number of ether oxygens (including phenoxy) is 1. The zero-order valence-corrected chi connectivity index (χ0v) is 20.9. The van der Waals surface area contributed by atoms with Crippen LogP contribution in [0.2, 0.25) is 10.0 Å². The minimum atomic E-state index is -0.244. The molecule has 0 saturated carbocycles. The lowest BCUT2D eigenvalue weighted by Gasteiger charge is -2.19. The summed E-state index contributed by atoms with van der Waals surface area (Å²) in [6, 6.07) is 15.8. The van der Waals surface area contributed by atoms with Crippen LogP contribution in [0.5, 0.6) is 0 Å². The molecule has 8 heteroatoms. The number of methoxy groups -OCH3 is 1. The quantitative estimate of drug-likeness (QED) is 0.137. The van der Waals surface area contributed by atoms with Crippen LogP contribution in [-0.4, -0.2) is 51.2 Å². The van der Waals surface area contributed by atoms with E-state index in [0.717, 1.165) is 42.7 Å². The molecule has 6 nitrogen and oxygen atoms in total. The van der Waals surface area contributed by atoms with E-state index in [1.54, 1.807) is 18.2 Å². The molecule has 1 heterocycles. The lowest BCUT2D eigenvalue weighted by atomic mass is 10.2. The van der Waals surface area contributed by atoms with E-state index < -0.39 is 0 Å². The summed E-state index contributed by atoms with van der Waals surface area (Å²) in [5, 5.41) is 8.26. The number of carbonyl (C=O) groups is 1. The Morgan fingerprint density at radius 2 is 1.85 bits per heavy atom. The molecule has 1 amide bonds.